The van der Waals surface area contributed by atoms with Crippen LogP contribution in [0, 0.1) is 16.7 Å². The second kappa shape index (κ2) is 9.44. The van der Waals surface area contributed by atoms with Gasteiger partial charge in [-0.05, 0) is 35.6 Å². The molecule has 2 N–H and O–H groups in total. The number of nitrogens with two attached hydrogens (primary N) is 1. The molecule has 0 radical (unpaired) electrons. The van der Waals surface area contributed by atoms with Gasteiger partial charge in [0.1, 0.15) is 24.0 Å². The van der Waals surface area contributed by atoms with Crippen LogP contribution in [0.25, 0.3) is 0 Å². The first-order chi connectivity index (χ1) is 16.2. The van der Waals surface area contributed by atoms with Crippen LogP contribution in [-0.4, -0.2) is 12.4 Å². The fourth-order valence-corrected chi connectivity index (χ4v) is 4.78. The Hall–Kier alpha value is -3.43. The van der Waals surface area contributed by atoms with E-state index in [1.165, 1.54) is 0 Å². The third-order valence-electron chi connectivity index (χ3n) is 5.97. The van der Waals surface area contributed by atoms with Gasteiger partial charge < -0.3 is 19.9 Å². The van der Waals surface area contributed by atoms with Gasteiger partial charge in [0.05, 0.1) is 17.5 Å². The minimum Gasteiger partial charge on any atom is -0.490 e. The van der Waals surface area contributed by atoms with Crippen molar-refractivity contribution < 1.29 is 19.0 Å². The number of carbonyl (C=O) groups excluding carboxylic acids is 1. The summed E-state index contributed by atoms with van der Waals surface area (Å²) in [5.41, 5.74) is 8.14. The third kappa shape index (κ3) is 4.62. The summed E-state index contributed by atoms with van der Waals surface area (Å²) < 4.78 is 17.6. The summed E-state index contributed by atoms with van der Waals surface area (Å²) in [7, 11) is 0. The molecule has 0 bridgehead atoms. The Balaban J connectivity index is 1.78. The van der Waals surface area contributed by atoms with Crippen molar-refractivity contribution >= 4 is 17.4 Å². The Morgan fingerprint density at radius 3 is 2.62 bits per heavy atom. The van der Waals surface area contributed by atoms with E-state index in [0.29, 0.717) is 59.5 Å². The van der Waals surface area contributed by atoms with Gasteiger partial charge in [0.2, 0.25) is 5.88 Å². The molecule has 7 heteroatoms. The number of hydrogen-bond acceptors (Lipinski definition) is 6. The van der Waals surface area contributed by atoms with Crippen molar-refractivity contribution in [3.63, 3.8) is 0 Å². The lowest BCUT2D eigenvalue weighted by molar-refractivity contribution is -0.119. The fraction of sp³-hybridized carbons (Fsp3) is 0.333. The standard InChI is InChI=1S/C27H27ClN2O4/c1-4-32-21-11-17(10-19(28)25(21)33-15-16-8-6-5-7-9-16)23-18(14-29)26(30)34-22-13-27(2,3)12-20(31)24(22)23/h5-11,23H,4,12-13,15,30H2,1-3H3. The molecule has 176 valence electrons. The second-order valence-electron chi connectivity index (χ2n) is 9.24. The smallest absolute Gasteiger partial charge is 0.205 e. The highest BCUT2D eigenvalue weighted by Crippen LogP contribution is 2.50. The zero-order valence-corrected chi connectivity index (χ0v) is 20.2. The lowest BCUT2D eigenvalue weighted by Gasteiger charge is -2.37. The highest BCUT2D eigenvalue weighted by Gasteiger charge is 2.43. The monoisotopic (exact) mass is 478 g/mol. The maximum atomic E-state index is 13.2. The molecule has 6 nitrogen and oxygen atoms in total. The number of hydrogen-bond donors (Lipinski definition) is 1. The lowest BCUT2D eigenvalue weighted by Crippen LogP contribution is -2.33. The number of nitriles is 1. The summed E-state index contributed by atoms with van der Waals surface area (Å²) in [4.78, 5) is 13.2. The molecule has 0 saturated carbocycles. The normalized spacial score (nSPS) is 19.3. The number of ketones is 1. The summed E-state index contributed by atoms with van der Waals surface area (Å²) >= 11 is 6.67. The van der Waals surface area contributed by atoms with Crippen molar-refractivity contribution in [1.29, 1.82) is 5.26 Å². The summed E-state index contributed by atoms with van der Waals surface area (Å²) in [6.07, 6.45) is 0.906. The molecule has 0 aromatic heterocycles. The third-order valence-corrected chi connectivity index (χ3v) is 6.25. The highest BCUT2D eigenvalue weighted by molar-refractivity contribution is 6.32. The number of Topliss-reactive ketones (excluding diaryl/α,β-unsaturated/α-hetero) is 1. The molecule has 0 saturated heterocycles. The second-order valence-corrected chi connectivity index (χ2v) is 9.65. The van der Waals surface area contributed by atoms with E-state index in [1.54, 1.807) is 12.1 Å². The number of nitrogens with zero attached hydrogens (tertiary/aromatic N) is 1. The quantitative estimate of drug-likeness (QED) is 0.566. The van der Waals surface area contributed by atoms with E-state index in [2.05, 4.69) is 6.07 Å². The van der Waals surface area contributed by atoms with E-state index in [4.69, 9.17) is 31.5 Å². The van der Waals surface area contributed by atoms with Crippen LogP contribution in [0.5, 0.6) is 11.5 Å². The van der Waals surface area contributed by atoms with Crippen LogP contribution in [0.15, 0.2) is 65.3 Å². The van der Waals surface area contributed by atoms with Crippen LogP contribution in [0.2, 0.25) is 5.02 Å². The molecule has 34 heavy (non-hydrogen) atoms. The maximum Gasteiger partial charge on any atom is 0.205 e. The van der Waals surface area contributed by atoms with Crippen molar-refractivity contribution in [2.75, 3.05) is 6.61 Å². The first-order valence-corrected chi connectivity index (χ1v) is 11.6. The van der Waals surface area contributed by atoms with E-state index in [1.807, 2.05) is 51.1 Å². The van der Waals surface area contributed by atoms with Crippen LogP contribution < -0.4 is 15.2 Å². The van der Waals surface area contributed by atoms with Crippen LogP contribution in [0.4, 0.5) is 0 Å². The summed E-state index contributed by atoms with van der Waals surface area (Å²) in [6, 6.07) is 15.4. The predicted molar refractivity (Wildman–Crippen MR) is 129 cm³/mol. The Morgan fingerprint density at radius 1 is 1.21 bits per heavy atom. The van der Waals surface area contributed by atoms with Crippen LogP contribution >= 0.6 is 11.6 Å². The molecule has 1 heterocycles. The molecule has 2 aliphatic rings. The van der Waals surface area contributed by atoms with Crippen LogP contribution in [0.3, 0.4) is 0 Å². The van der Waals surface area contributed by atoms with E-state index < -0.39 is 5.92 Å². The molecular weight excluding hydrogens is 452 g/mol. The van der Waals surface area contributed by atoms with Gasteiger partial charge in [-0.1, -0.05) is 55.8 Å². The molecule has 1 aliphatic carbocycles. The van der Waals surface area contributed by atoms with Crippen LogP contribution in [-0.2, 0) is 16.1 Å². The van der Waals surface area contributed by atoms with Crippen molar-refractivity contribution in [3.05, 3.63) is 81.4 Å². The SMILES string of the molecule is CCOc1cc(C2C(C#N)=C(N)OC3=C2C(=O)CC(C)(C)C3)cc(Cl)c1OCc1ccccc1. The minimum absolute atomic E-state index is 0.00948. The van der Waals surface area contributed by atoms with Crippen molar-refractivity contribution in [1.82, 2.24) is 0 Å². The Labute approximate surface area is 204 Å². The average molecular weight is 479 g/mol. The number of benzene rings is 2. The van der Waals surface area contributed by atoms with E-state index in [0.717, 1.165) is 5.56 Å². The Bertz CT molecular complexity index is 1230. The highest BCUT2D eigenvalue weighted by atomic mass is 35.5. The number of allylic oxidation sites excluding steroid dienone is 3. The molecular formula is C27H27ClN2O4. The zero-order valence-electron chi connectivity index (χ0n) is 19.5. The molecule has 0 amide bonds. The largest absolute Gasteiger partial charge is 0.490 e. The molecule has 1 atom stereocenters. The van der Waals surface area contributed by atoms with Gasteiger partial charge >= 0.3 is 0 Å². The van der Waals surface area contributed by atoms with Gasteiger partial charge in [0, 0.05) is 18.4 Å². The van der Waals surface area contributed by atoms with Gasteiger partial charge in [-0.2, -0.15) is 5.26 Å². The van der Waals surface area contributed by atoms with Gasteiger partial charge in [0.15, 0.2) is 17.3 Å². The minimum atomic E-state index is -0.683. The molecule has 2 aromatic rings. The number of carbonyl (C=O) groups is 1. The molecule has 0 fully saturated rings. The number of rotatable bonds is 6. The molecule has 0 spiro atoms. The van der Waals surface area contributed by atoms with E-state index >= 15 is 0 Å². The molecule has 4 rings (SSSR count). The zero-order chi connectivity index (χ0) is 24.5. The van der Waals surface area contributed by atoms with Crippen molar-refractivity contribution in [2.45, 2.75) is 46.1 Å². The Morgan fingerprint density at radius 2 is 1.94 bits per heavy atom. The topological polar surface area (TPSA) is 94.6 Å². The van der Waals surface area contributed by atoms with Crippen molar-refractivity contribution in [2.24, 2.45) is 11.1 Å². The summed E-state index contributed by atoms with van der Waals surface area (Å²) in [5, 5.41) is 10.2. The van der Waals surface area contributed by atoms with E-state index in [-0.39, 0.29) is 22.7 Å². The Kier molecular flexibility index (Phi) is 6.58. The molecule has 1 aliphatic heterocycles. The lowest BCUT2D eigenvalue weighted by atomic mass is 9.70. The average Bonchev–Trinajstić information content (AvgIpc) is 2.77. The number of ether oxygens (including phenoxy) is 3. The first-order valence-electron chi connectivity index (χ1n) is 11.2. The fourth-order valence-electron chi connectivity index (χ4n) is 4.51. The van der Waals surface area contributed by atoms with E-state index in [9.17, 15) is 10.1 Å². The van der Waals surface area contributed by atoms with Gasteiger partial charge in [-0.15, -0.1) is 0 Å². The first kappa shape index (κ1) is 23.7. The van der Waals surface area contributed by atoms with Gasteiger partial charge in [-0.3, -0.25) is 4.79 Å². The molecule has 2 aromatic carbocycles. The summed E-state index contributed by atoms with van der Waals surface area (Å²) in [5.74, 6) is 0.627. The van der Waals surface area contributed by atoms with Gasteiger partial charge in [0.25, 0.3) is 0 Å². The molecule has 1 unspecified atom stereocenters. The van der Waals surface area contributed by atoms with Crippen LogP contribution in [0.1, 0.15) is 50.7 Å². The maximum absolute atomic E-state index is 13.2. The van der Waals surface area contributed by atoms with Crippen molar-refractivity contribution in [3.8, 4) is 17.6 Å². The summed E-state index contributed by atoms with van der Waals surface area (Å²) in [6.45, 7) is 6.59. The predicted octanol–water partition coefficient (Wildman–Crippen LogP) is 5.77. The number of halogens is 1. The van der Waals surface area contributed by atoms with Gasteiger partial charge in [-0.25, -0.2) is 0 Å².